The van der Waals surface area contributed by atoms with Crippen LogP contribution in [0.4, 0.5) is 0 Å². The van der Waals surface area contributed by atoms with Gasteiger partial charge in [-0.1, -0.05) is 31.5 Å². The average molecular weight is 250 g/mol. The third-order valence-corrected chi connectivity index (χ3v) is 3.57. The zero-order valence-electron chi connectivity index (χ0n) is 11.0. The van der Waals surface area contributed by atoms with Crippen molar-refractivity contribution in [1.82, 2.24) is 4.57 Å². The number of carbonyl (C=O) groups excluding carboxylic acids is 1. The van der Waals surface area contributed by atoms with Gasteiger partial charge in [0.25, 0.3) is 0 Å². The van der Waals surface area contributed by atoms with Crippen molar-refractivity contribution in [3.63, 3.8) is 0 Å². The molecule has 2 aromatic carbocycles. The van der Waals surface area contributed by atoms with Crippen LogP contribution in [0.25, 0.3) is 21.8 Å². The average Bonchev–Trinajstić information content (AvgIpc) is 2.78. The SMILES string of the molecule is CCCCn1c2[c]cc(C=O)cc2c2ccccc21. The van der Waals surface area contributed by atoms with E-state index in [1.165, 1.54) is 17.3 Å². The molecular formula is C17H16NO. The molecule has 0 fully saturated rings. The number of fused-ring (bicyclic) bond motifs is 3. The molecule has 0 amide bonds. The van der Waals surface area contributed by atoms with Crippen LogP contribution < -0.4 is 0 Å². The normalized spacial score (nSPS) is 11.2. The molecule has 95 valence electrons. The number of unbranched alkanes of at least 4 members (excludes halogenated alkanes) is 1. The highest BCUT2D eigenvalue weighted by Gasteiger charge is 2.10. The molecule has 0 unspecified atom stereocenters. The molecule has 0 bridgehead atoms. The Labute approximate surface area is 112 Å². The Hall–Kier alpha value is -2.09. The van der Waals surface area contributed by atoms with Crippen LogP contribution in [0.1, 0.15) is 30.1 Å². The van der Waals surface area contributed by atoms with Crippen molar-refractivity contribution >= 4 is 28.1 Å². The predicted molar refractivity (Wildman–Crippen MR) is 78.6 cm³/mol. The first-order chi connectivity index (χ1) is 9.35. The van der Waals surface area contributed by atoms with Crippen LogP contribution in [0.3, 0.4) is 0 Å². The Morgan fingerprint density at radius 2 is 2.11 bits per heavy atom. The van der Waals surface area contributed by atoms with Gasteiger partial charge in [-0.2, -0.15) is 0 Å². The van der Waals surface area contributed by atoms with Crippen molar-refractivity contribution in [2.45, 2.75) is 26.3 Å². The molecule has 0 aliphatic heterocycles. The summed E-state index contributed by atoms with van der Waals surface area (Å²) in [6, 6.07) is 15.4. The quantitative estimate of drug-likeness (QED) is 0.636. The molecule has 3 rings (SSSR count). The molecule has 3 aromatic rings. The third-order valence-electron chi connectivity index (χ3n) is 3.57. The lowest BCUT2D eigenvalue weighted by Crippen LogP contribution is -1.97. The number of carbonyl (C=O) groups is 1. The van der Waals surface area contributed by atoms with Crippen LogP contribution in [0.5, 0.6) is 0 Å². The van der Waals surface area contributed by atoms with Gasteiger partial charge in [-0.3, -0.25) is 4.79 Å². The number of aromatic nitrogens is 1. The Kier molecular flexibility index (Phi) is 3.08. The summed E-state index contributed by atoms with van der Waals surface area (Å²) in [6.07, 6.45) is 3.20. The zero-order chi connectivity index (χ0) is 13.2. The minimum Gasteiger partial charge on any atom is -0.340 e. The Morgan fingerprint density at radius 3 is 2.89 bits per heavy atom. The van der Waals surface area contributed by atoms with E-state index >= 15 is 0 Å². The summed E-state index contributed by atoms with van der Waals surface area (Å²) in [7, 11) is 0. The van der Waals surface area contributed by atoms with Crippen molar-refractivity contribution in [2.75, 3.05) is 0 Å². The first kappa shape index (κ1) is 12.0. The number of aldehydes is 1. The van der Waals surface area contributed by atoms with Gasteiger partial charge in [0.2, 0.25) is 0 Å². The molecule has 0 spiro atoms. The Bertz CT molecular complexity index is 739. The van der Waals surface area contributed by atoms with Crippen molar-refractivity contribution < 1.29 is 4.79 Å². The van der Waals surface area contributed by atoms with Crippen LogP contribution in [-0.4, -0.2) is 10.9 Å². The highest BCUT2D eigenvalue weighted by Crippen LogP contribution is 2.29. The standard InChI is InChI=1S/C17H16NO/c1-2-3-10-18-16-7-5-4-6-14(16)15-11-13(12-19)8-9-17(15)18/h4-8,11-12H,2-3,10H2,1H3. The summed E-state index contributed by atoms with van der Waals surface area (Å²) < 4.78 is 2.31. The Morgan fingerprint density at radius 1 is 1.26 bits per heavy atom. The second kappa shape index (κ2) is 4.88. The number of rotatable bonds is 4. The molecule has 0 aliphatic carbocycles. The lowest BCUT2D eigenvalue weighted by molar-refractivity contribution is 0.112. The van der Waals surface area contributed by atoms with E-state index in [-0.39, 0.29) is 0 Å². The molecule has 0 saturated heterocycles. The van der Waals surface area contributed by atoms with Crippen molar-refractivity contribution in [3.05, 3.63) is 48.0 Å². The van der Waals surface area contributed by atoms with Crippen molar-refractivity contribution in [2.24, 2.45) is 0 Å². The van der Waals surface area contributed by atoms with Crippen molar-refractivity contribution in [1.29, 1.82) is 0 Å². The molecule has 1 heterocycles. The predicted octanol–water partition coefficient (Wildman–Crippen LogP) is 4.21. The lowest BCUT2D eigenvalue weighted by Gasteiger charge is -2.05. The van der Waals surface area contributed by atoms with Gasteiger partial charge in [0.15, 0.2) is 0 Å². The monoisotopic (exact) mass is 250 g/mol. The van der Waals surface area contributed by atoms with Gasteiger partial charge >= 0.3 is 0 Å². The van der Waals surface area contributed by atoms with Crippen LogP contribution in [0.2, 0.25) is 0 Å². The zero-order valence-corrected chi connectivity index (χ0v) is 11.0. The number of hydrogen-bond donors (Lipinski definition) is 0. The maximum atomic E-state index is 10.9. The van der Waals surface area contributed by atoms with Gasteiger partial charge in [0.1, 0.15) is 6.29 Å². The first-order valence-electron chi connectivity index (χ1n) is 6.73. The summed E-state index contributed by atoms with van der Waals surface area (Å²) in [5, 5.41) is 2.32. The fraction of sp³-hybridized carbons (Fsp3) is 0.235. The number of hydrogen-bond acceptors (Lipinski definition) is 1. The van der Waals surface area contributed by atoms with E-state index in [4.69, 9.17) is 0 Å². The summed E-state index contributed by atoms with van der Waals surface area (Å²) in [5.74, 6) is 0. The highest BCUT2D eigenvalue weighted by atomic mass is 16.1. The number of aryl methyl sites for hydroxylation is 1. The molecule has 0 saturated carbocycles. The maximum Gasteiger partial charge on any atom is 0.150 e. The van der Waals surface area contributed by atoms with E-state index in [1.807, 2.05) is 12.1 Å². The second-order valence-corrected chi connectivity index (χ2v) is 4.84. The second-order valence-electron chi connectivity index (χ2n) is 4.84. The van der Waals surface area contributed by atoms with Gasteiger partial charge in [0, 0.05) is 34.5 Å². The van der Waals surface area contributed by atoms with Crippen LogP contribution >= 0.6 is 0 Å². The molecule has 19 heavy (non-hydrogen) atoms. The van der Waals surface area contributed by atoms with Gasteiger partial charge in [0.05, 0.1) is 5.52 Å². The fourth-order valence-corrected chi connectivity index (χ4v) is 2.61. The van der Waals surface area contributed by atoms with E-state index in [0.717, 1.165) is 30.2 Å². The summed E-state index contributed by atoms with van der Waals surface area (Å²) in [5.41, 5.74) is 3.01. The molecule has 2 heteroatoms. The molecule has 2 nitrogen and oxygen atoms in total. The fourth-order valence-electron chi connectivity index (χ4n) is 2.61. The number of para-hydroxylation sites is 1. The van der Waals surface area contributed by atoms with Gasteiger partial charge < -0.3 is 4.57 Å². The Balaban J connectivity index is 2.33. The van der Waals surface area contributed by atoms with Gasteiger partial charge in [-0.05, 0) is 24.6 Å². The van der Waals surface area contributed by atoms with E-state index in [0.29, 0.717) is 5.56 Å². The minimum atomic E-state index is 0.686. The highest BCUT2D eigenvalue weighted by molar-refractivity contribution is 6.09. The van der Waals surface area contributed by atoms with E-state index in [2.05, 4.69) is 35.8 Å². The number of benzene rings is 2. The summed E-state index contributed by atoms with van der Waals surface area (Å²) >= 11 is 0. The summed E-state index contributed by atoms with van der Waals surface area (Å²) in [4.78, 5) is 10.9. The van der Waals surface area contributed by atoms with E-state index in [9.17, 15) is 4.79 Å². The maximum absolute atomic E-state index is 10.9. The number of nitrogens with zero attached hydrogens (tertiary/aromatic N) is 1. The van der Waals surface area contributed by atoms with E-state index < -0.39 is 0 Å². The molecule has 1 aromatic heterocycles. The molecule has 1 radical (unpaired) electrons. The van der Waals surface area contributed by atoms with Crippen LogP contribution in [0.15, 0.2) is 36.4 Å². The molecule has 0 N–H and O–H groups in total. The van der Waals surface area contributed by atoms with Crippen LogP contribution in [0, 0.1) is 6.07 Å². The van der Waals surface area contributed by atoms with Crippen LogP contribution in [-0.2, 0) is 6.54 Å². The van der Waals surface area contributed by atoms with Crippen molar-refractivity contribution in [3.8, 4) is 0 Å². The largest absolute Gasteiger partial charge is 0.340 e. The third kappa shape index (κ3) is 1.93. The molecular weight excluding hydrogens is 234 g/mol. The smallest absolute Gasteiger partial charge is 0.150 e. The molecule has 0 atom stereocenters. The molecule has 0 aliphatic rings. The van der Waals surface area contributed by atoms with Gasteiger partial charge in [-0.25, -0.2) is 0 Å². The summed E-state index contributed by atoms with van der Waals surface area (Å²) in [6.45, 7) is 3.19. The van der Waals surface area contributed by atoms with Gasteiger partial charge in [-0.15, -0.1) is 0 Å². The topological polar surface area (TPSA) is 22.0 Å². The first-order valence-corrected chi connectivity index (χ1v) is 6.73. The minimum absolute atomic E-state index is 0.686. The lowest BCUT2D eigenvalue weighted by atomic mass is 10.1. The van der Waals surface area contributed by atoms with E-state index in [1.54, 1.807) is 6.07 Å².